The number of hydrogen-bond acceptors (Lipinski definition) is 6. The highest BCUT2D eigenvalue weighted by Gasteiger charge is 2.34. The summed E-state index contributed by atoms with van der Waals surface area (Å²) in [5.41, 5.74) is 0.106. The van der Waals surface area contributed by atoms with E-state index in [9.17, 15) is 13.2 Å². The van der Waals surface area contributed by atoms with Gasteiger partial charge in [0.05, 0.1) is 13.2 Å². The number of sulfonamides is 1. The number of carbonyl (C=O) groups is 1. The van der Waals surface area contributed by atoms with E-state index in [4.69, 9.17) is 15.1 Å². The van der Waals surface area contributed by atoms with Gasteiger partial charge in [-0.3, -0.25) is 0 Å². The van der Waals surface area contributed by atoms with Crippen LogP contribution < -0.4 is 0 Å². The molecule has 0 aromatic carbocycles. The number of ether oxygens (including phenoxy) is 1. The number of nitrogens with zero attached hydrogens (tertiary/aromatic N) is 3. The lowest BCUT2D eigenvalue weighted by Crippen LogP contribution is -2.48. The van der Waals surface area contributed by atoms with Crippen molar-refractivity contribution in [2.75, 3.05) is 19.7 Å². The zero-order chi connectivity index (χ0) is 14.8. The van der Waals surface area contributed by atoms with Gasteiger partial charge in [-0.25, -0.2) is 18.2 Å². The molecule has 1 aromatic heterocycles. The predicted octanol–water partition coefficient (Wildman–Crippen LogP) is -0.573. The SMILES string of the molecule is N#Cc1ccc(S(=O)(=O)N2CCOC(C(=O)O)C2)cn1. The number of hydrogen-bond donors (Lipinski definition) is 1. The molecule has 1 aliphatic rings. The van der Waals surface area contributed by atoms with Crippen molar-refractivity contribution in [1.82, 2.24) is 9.29 Å². The van der Waals surface area contributed by atoms with Crippen molar-refractivity contribution in [2.45, 2.75) is 11.0 Å². The lowest BCUT2D eigenvalue weighted by Gasteiger charge is -2.29. The van der Waals surface area contributed by atoms with Crippen LogP contribution in [-0.4, -0.2) is 54.6 Å². The highest BCUT2D eigenvalue weighted by molar-refractivity contribution is 7.89. The van der Waals surface area contributed by atoms with Crippen LogP contribution in [0.2, 0.25) is 0 Å². The van der Waals surface area contributed by atoms with Gasteiger partial charge >= 0.3 is 5.97 Å². The molecule has 0 spiro atoms. The first kappa shape index (κ1) is 14.4. The summed E-state index contributed by atoms with van der Waals surface area (Å²) in [7, 11) is -3.84. The van der Waals surface area contributed by atoms with Crippen LogP contribution in [0.25, 0.3) is 0 Å². The minimum absolute atomic E-state index is 0.0138. The van der Waals surface area contributed by atoms with Crippen molar-refractivity contribution >= 4 is 16.0 Å². The summed E-state index contributed by atoms with van der Waals surface area (Å²) < 4.78 is 30.6. The third-order valence-corrected chi connectivity index (χ3v) is 4.64. The molecule has 1 aliphatic heterocycles. The van der Waals surface area contributed by atoms with Crippen LogP contribution in [0.3, 0.4) is 0 Å². The molecule has 1 N–H and O–H groups in total. The van der Waals surface area contributed by atoms with Gasteiger partial charge in [0, 0.05) is 12.7 Å². The van der Waals surface area contributed by atoms with Gasteiger partial charge in [0.25, 0.3) is 0 Å². The van der Waals surface area contributed by atoms with E-state index in [1.807, 2.05) is 0 Å². The predicted molar refractivity (Wildman–Crippen MR) is 65.1 cm³/mol. The summed E-state index contributed by atoms with van der Waals surface area (Å²) >= 11 is 0. The number of aromatic nitrogens is 1. The molecule has 0 aliphatic carbocycles. The smallest absolute Gasteiger partial charge is 0.334 e. The fraction of sp³-hybridized carbons (Fsp3) is 0.364. The Bertz CT molecular complexity index is 650. The van der Waals surface area contributed by atoms with E-state index in [2.05, 4.69) is 4.98 Å². The first-order valence-electron chi connectivity index (χ1n) is 5.66. The largest absolute Gasteiger partial charge is 0.479 e. The van der Waals surface area contributed by atoms with Crippen molar-refractivity contribution < 1.29 is 23.1 Å². The van der Waals surface area contributed by atoms with E-state index in [-0.39, 0.29) is 30.3 Å². The summed E-state index contributed by atoms with van der Waals surface area (Å²) in [5, 5.41) is 17.5. The molecule has 0 saturated carbocycles. The molecular weight excluding hydrogens is 286 g/mol. The van der Waals surface area contributed by atoms with Gasteiger partial charge in [0.15, 0.2) is 6.10 Å². The Morgan fingerprint density at radius 1 is 1.55 bits per heavy atom. The van der Waals surface area contributed by atoms with E-state index in [1.165, 1.54) is 12.1 Å². The summed E-state index contributed by atoms with van der Waals surface area (Å²) in [6.07, 6.45) is -0.0936. The van der Waals surface area contributed by atoms with Gasteiger partial charge in [-0.1, -0.05) is 0 Å². The maximum Gasteiger partial charge on any atom is 0.334 e. The van der Waals surface area contributed by atoms with Gasteiger partial charge in [-0.2, -0.15) is 9.57 Å². The Morgan fingerprint density at radius 2 is 2.30 bits per heavy atom. The average molecular weight is 297 g/mol. The van der Waals surface area contributed by atoms with Crippen molar-refractivity contribution in [2.24, 2.45) is 0 Å². The maximum atomic E-state index is 12.3. The van der Waals surface area contributed by atoms with Crippen LogP contribution in [0.15, 0.2) is 23.2 Å². The third-order valence-electron chi connectivity index (χ3n) is 2.79. The standard InChI is InChI=1S/C11H11N3O5S/c12-5-8-1-2-9(6-13-8)20(17,18)14-3-4-19-10(7-14)11(15)16/h1-2,6,10H,3-4,7H2,(H,15,16). The van der Waals surface area contributed by atoms with E-state index in [0.717, 1.165) is 10.5 Å². The lowest BCUT2D eigenvalue weighted by atomic mass is 10.3. The molecule has 1 fully saturated rings. The van der Waals surface area contributed by atoms with Crippen LogP contribution in [-0.2, 0) is 19.6 Å². The van der Waals surface area contributed by atoms with Crippen molar-refractivity contribution in [3.05, 3.63) is 24.0 Å². The number of morpholine rings is 1. The number of rotatable bonds is 3. The molecule has 106 valence electrons. The Morgan fingerprint density at radius 3 is 2.85 bits per heavy atom. The molecule has 1 aromatic rings. The van der Waals surface area contributed by atoms with E-state index >= 15 is 0 Å². The highest BCUT2D eigenvalue weighted by Crippen LogP contribution is 2.18. The zero-order valence-electron chi connectivity index (χ0n) is 10.3. The Labute approximate surface area is 115 Å². The van der Waals surface area contributed by atoms with Gasteiger partial charge in [-0.05, 0) is 12.1 Å². The zero-order valence-corrected chi connectivity index (χ0v) is 11.1. The summed E-state index contributed by atoms with van der Waals surface area (Å²) in [4.78, 5) is 14.5. The normalized spacial score (nSPS) is 20.2. The van der Waals surface area contributed by atoms with Crippen LogP contribution >= 0.6 is 0 Å². The first-order chi connectivity index (χ1) is 9.45. The molecule has 0 radical (unpaired) electrons. The molecule has 1 unspecified atom stereocenters. The number of carboxylic acid groups (broad SMARTS) is 1. The van der Waals surface area contributed by atoms with Crippen molar-refractivity contribution in [3.8, 4) is 6.07 Å². The lowest BCUT2D eigenvalue weighted by molar-refractivity contribution is -0.153. The molecule has 1 atom stereocenters. The van der Waals surface area contributed by atoms with E-state index in [1.54, 1.807) is 6.07 Å². The van der Waals surface area contributed by atoms with Crippen LogP contribution in [0.5, 0.6) is 0 Å². The molecule has 20 heavy (non-hydrogen) atoms. The van der Waals surface area contributed by atoms with Gasteiger partial charge in [0.1, 0.15) is 16.7 Å². The molecule has 1 saturated heterocycles. The highest BCUT2D eigenvalue weighted by atomic mass is 32.2. The fourth-order valence-electron chi connectivity index (χ4n) is 1.74. The topological polar surface area (TPSA) is 121 Å². The number of aliphatic carboxylic acids is 1. The van der Waals surface area contributed by atoms with Crippen LogP contribution in [0.1, 0.15) is 5.69 Å². The monoisotopic (exact) mass is 297 g/mol. The second-order valence-corrected chi connectivity index (χ2v) is 5.99. The van der Waals surface area contributed by atoms with Crippen LogP contribution in [0.4, 0.5) is 0 Å². The Balaban J connectivity index is 2.25. The van der Waals surface area contributed by atoms with Crippen molar-refractivity contribution in [3.63, 3.8) is 0 Å². The second kappa shape index (κ2) is 5.54. The van der Waals surface area contributed by atoms with E-state index < -0.39 is 22.1 Å². The minimum atomic E-state index is -3.84. The first-order valence-corrected chi connectivity index (χ1v) is 7.10. The molecule has 0 amide bonds. The summed E-state index contributed by atoms with van der Waals surface area (Å²) in [6, 6.07) is 4.35. The maximum absolute atomic E-state index is 12.3. The third kappa shape index (κ3) is 2.77. The van der Waals surface area contributed by atoms with Gasteiger partial charge < -0.3 is 9.84 Å². The minimum Gasteiger partial charge on any atom is -0.479 e. The number of nitriles is 1. The molecule has 2 heterocycles. The molecule has 8 nitrogen and oxygen atoms in total. The van der Waals surface area contributed by atoms with Crippen molar-refractivity contribution in [1.29, 1.82) is 5.26 Å². The average Bonchev–Trinajstić information content (AvgIpc) is 2.47. The Kier molecular flexibility index (Phi) is 3.99. The Hall–Kier alpha value is -2.02. The number of carboxylic acids is 1. The molecular formula is C11H11N3O5S. The second-order valence-electron chi connectivity index (χ2n) is 4.05. The van der Waals surface area contributed by atoms with E-state index in [0.29, 0.717) is 0 Å². The summed E-state index contributed by atoms with van der Waals surface area (Å²) in [6.45, 7) is -0.163. The molecule has 2 rings (SSSR count). The summed E-state index contributed by atoms with van der Waals surface area (Å²) in [5.74, 6) is -1.21. The molecule has 9 heteroatoms. The molecule has 0 bridgehead atoms. The number of pyridine rings is 1. The van der Waals surface area contributed by atoms with Gasteiger partial charge in [0.2, 0.25) is 10.0 Å². The van der Waals surface area contributed by atoms with Gasteiger partial charge in [-0.15, -0.1) is 0 Å². The fourth-order valence-corrected chi connectivity index (χ4v) is 3.11. The quantitative estimate of drug-likeness (QED) is 0.792. The van der Waals surface area contributed by atoms with Crippen LogP contribution in [0, 0.1) is 11.3 Å².